The lowest BCUT2D eigenvalue weighted by molar-refractivity contribution is 0.112. The highest BCUT2D eigenvalue weighted by atomic mass is 35.5. The molecule has 0 bridgehead atoms. The highest BCUT2D eigenvalue weighted by Gasteiger charge is 2.00. The smallest absolute Gasteiger partial charge is 0.150 e. The highest BCUT2D eigenvalue weighted by Crippen LogP contribution is 2.26. The third-order valence-electron chi connectivity index (χ3n) is 2.40. The summed E-state index contributed by atoms with van der Waals surface area (Å²) in [6.07, 6.45) is 0.798. The van der Waals surface area contributed by atoms with Crippen molar-refractivity contribution in [2.45, 2.75) is 6.92 Å². The molecule has 0 N–H and O–H groups in total. The highest BCUT2D eigenvalue weighted by molar-refractivity contribution is 6.31. The maximum Gasteiger partial charge on any atom is 0.150 e. The molecule has 0 fully saturated rings. The Labute approximate surface area is 105 Å². The first-order valence-electron chi connectivity index (χ1n) is 5.18. The van der Waals surface area contributed by atoms with E-state index >= 15 is 0 Å². The summed E-state index contributed by atoms with van der Waals surface area (Å²) in [6.45, 7) is 1.94. The predicted molar refractivity (Wildman–Crippen MR) is 68.1 cm³/mol. The van der Waals surface area contributed by atoms with Crippen molar-refractivity contribution >= 4 is 17.9 Å². The van der Waals surface area contributed by atoms with E-state index in [4.69, 9.17) is 16.3 Å². The molecule has 0 aliphatic heterocycles. The molecule has 0 spiro atoms. The van der Waals surface area contributed by atoms with E-state index in [1.54, 1.807) is 30.3 Å². The van der Waals surface area contributed by atoms with Gasteiger partial charge in [-0.2, -0.15) is 0 Å². The van der Waals surface area contributed by atoms with Crippen LogP contribution in [0.2, 0.25) is 5.02 Å². The van der Waals surface area contributed by atoms with Gasteiger partial charge < -0.3 is 4.74 Å². The van der Waals surface area contributed by atoms with Crippen LogP contribution in [-0.2, 0) is 0 Å². The molecule has 0 heterocycles. The van der Waals surface area contributed by atoms with Gasteiger partial charge in [-0.25, -0.2) is 0 Å². The van der Waals surface area contributed by atoms with Crippen LogP contribution in [0, 0.1) is 6.92 Å². The minimum absolute atomic E-state index is 0.624. The Hall–Kier alpha value is -1.80. The summed E-state index contributed by atoms with van der Waals surface area (Å²) in [5.41, 5.74) is 1.63. The number of aryl methyl sites for hydroxylation is 1. The lowest BCUT2D eigenvalue weighted by Gasteiger charge is -2.07. The quantitative estimate of drug-likeness (QED) is 0.757. The second kappa shape index (κ2) is 5.02. The summed E-state index contributed by atoms with van der Waals surface area (Å²) in [5, 5.41) is 0.673. The van der Waals surface area contributed by atoms with E-state index in [1.807, 2.05) is 19.1 Å². The Bertz CT molecular complexity index is 532. The van der Waals surface area contributed by atoms with Gasteiger partial charge in [0, 0.05) is 10.6 Å². The summed E-state index contributed by atoms with van der Waals surface area (Å²) >= 11 is 6.00. The minimum atomic E-state index is 0.624. The van der Waals surface area contributed by atoms with E-state index in [0.717, 1.165) is 11.8 Å². The molecule has 2 aromatic carbocycles. The molecular weight excluding hydrogens is 236 g/mol. The Morgan fingerprint density at radius 2 is 1.71 bits per heavy atom. The molecule has 2 nitrogen and oxygen atoms in total. The van der Waals surface area contributed by atoms with Crippen molar-refractivity contribution in [1.29, 1.82) is 0 Å². The van der Waals surface area contributed by atoms with Crippen LogP contribution in [0.25, 0.3) is 0 Å². The molecule has 0 amide bonds. The number of rotatable bonds is 3. The summed E-state index contributed by atoms with van der Waals surface area (Å²) in [5.74, 6) is 1.36. The fraction of sp³-hybridized carbons (Fsp3) is 0.0714. The molecule has 2 aromatic rings. The van der Waals surface area contributed by atoms with Crippen LogP contribution in [0.5, 0.6) is 11.5 Å². The van der Waals surface area contributed by atoms with Gasteiger partial charge in [-0.05, 0) is 48.9 Å². The second-order valence-corrected chi connectivity index (χ2v) is 4.11. The molecule has 0 saturated heterocycles. The van der Waals surface area contributed by atoms with Crippen molar-refractivity contribution < 1.29 is 9.53 Å². The average molecular weight is 247 g/mol. The molecule has 17 heavy (non-hydrogen) atoms. The summed E-state index contributed by atoms with van der Waals surface area (Å²) in [7, 11) is 0. The average Bonchev–Trinajstić information content (AvgIpc) is 2.35. The molecule has 0 aliphatic carbocycles. The lowest BCUT2D eigenvalue weighted by atomic mass is 10.2. The fourth-order valence-electron chi connectivity index (χ4n) is 1.39. The van der Waals surface area contributed by atoms with Crippen LogP contribution in [0.3, 0.4) is 0 Å². The third kappa shape index (κ3) is 2.86. The Morgan fingerprint density at radius 1 is 1.06 bits per heavy atom. The Morgan fingerprint density at radius 3 is 2.29 bits per heavy atom. The summed E-state index contributed by atoms with van der Waals surface area (Å²) in [4.78, 5) is 10.5. The van der Waals surface area contributed by atoms with Crippen molar-refractivity contribution in [1.82, 2.24) is 0 Å². The number of aldehydes is 1. The number of ether oxygens (including phenoxy) is 1. The molecule has 0 radical (unpaired) electrons. The molecule has 0 aromatic heterocycles. The van der Waals surface area contributed by atoms with Crippen LogP contribution in [0.1, 0.15) is 15.9 Å². The van der Waals surface area contributed by atoms with Gasteiger partial charge in [0.05, 0.1) is 0 Å². The topological polar surface area (TPSA) is 26.3 Å². The van der Waals surface area contributed by atoms with Crippen molar-refractivity contribution in [3.05, 3.63) is 58.6 Å². The zero-order chi connectivity index (χ0) is 12.3. The number of hydrogen-bond acceptors (Lipinski definition) is 2. The van der Waals surface area contributed by atoms with Gasteiger partial charge in [0.2, 0.25) is 0 Å². The number of hydrogen-bond donors (Lipinski definition) is 0. The van der Waals surface area contributed by atoms with Crippen LogP contribution in [-0.4, -0.2) is 6.29 Å². The maximum absolute atomic E-state index is 10.5. The van der Waals surface area contributed by atoms with Gasteiger partial charge >= 0.3 is 0 Å². The van der Waals surface area contributed by atoms with E-state index in [2.05, 4.69) is 0 Å². The Balaban J connectivity index is 2.19. The van der Waals surface area contributed by atoms with Crippen molar-refractivity contribution in [3.63, 3.8) is 0 Å². The molecule has 2 rings (SSSR count). The van der Waals surface area contributed by atoms with Gasteiger partial charge in [0.25, 0.3) is 0 Å². The monoisotopic (exact) mass is 246 g/mol. The lowest BCUT2D eigenvalue weighted by Crippen LogP contribution is -1.86. The van der Waals surface area contributed by atoms with Crippen LogP contribution in [0.15, 0.2) is 42.5 Å². The first-order valence-corrected chi connectivity index (χ1v) is 5.56. The third-order valence-corrected chi connectivity index (χ3v) is 2.80. The molecular formula is C14H11ClO2. The van der Waals surface area contributed by atoms with E-state index in [0.29, 0.717) is 22.1 Å². The largest absolute Gasteiger partial charge is 0.457 e. The zero-order valence-electron chi connectivity index (χ0n) is 9.31. The first kappa shape index (κ1) is 11.7. The molecule has 3 heteroatoms. The Kier molecular flexibility index (Phi) is 3.45. The van der Waals surface area contributed by atoms with Gasteiger partial charge in [0.1, 0.15) is 17.8 Å². The number of carbonyl (C=O) groups is 1. The van der Waals surface area contributed by atoms with Gasteiger partial charge in [-0.1, -0.05) is 17.7 Å². The maximum atomic E-state index is 10.5. The summed E-state index contributed by atoms with van der Waals surface area (Å²) < 4.78 is 5.61. The number of halogens is 1. The summed E-state index contributed by atoms with van der Waals surface area (Å²) in [6, 6.07) is 12.4. The fourth-order valence-corrected chi connectivity index (χ4v) is 1.56. The van der Waals surface area contributed by atoms with Crippen molar-refractivity contribution in [2.24, 2.45) is 0 Å². The van der Waals surface area contributed by atoms with Crippen molar-refractivity contribution in [3.8, 4) is 11.5 Å². The van der Waals surface area contributed by atoms with E-state index in [-0.39, 0.29) is 0 Å². The van der Waals surface area contributed by atoms with E-state index in [9.17, 15) is 4.79 Å². The van der Waals surface area contributed by atoms with Crippen LogP contribution < -0.4 is 4.74 Å². The standard InChI is InChI=1S/C14H11ClO2/c1-10-2-5-13(8-14(10)15)17-12-6-3-11(9-16)4-7-12/h2-9H,1H3. The van der Waals surface area contributed by atoms with Crippen LogP contribution >= 0.6 is 11.6 Å². The van der Waals surface area contributed by atoms with Crippen LogP contribution in [0.4, 0.5) is 0 Å². The normalized spacial score (nSPS) is 10.0. The predicted octanol–water partition coefficient (Wildman–Crippen LogP) is 4.25. The molecule has 86 valence electrons. The second-order valence-electron chi connectivity index (χ2n) is 3.70. The first-order chi connectivity index (χ1) is 8.19. The van der Waals surface area contributed by atoms with E-state index in [1.165, 1.54) is 0 Å². The molecule has 0 aliphatic rings. The molecule has 0 unspecified atom stereocenters. The van der Waals surface area contributed by atoms with Crippen molar-refractivity contribution in [2.75, 3.05) is 0 Å². The molecule has 0 atom stereocenters. The van der Waals surface area contributed by atoms with Gasteiger partial charge in [-0.15, -0.1) is 0 Å². The van der Waals surface area contributed by atoms with E-state index < -0.39 is 0 Å². The van der Waals surface area contributed by atoms with Gasteiger partial charge in [-0.3, -0.25) is 4.79 Å². The molecule has 0 saturated carbocycles. The number of benzene rings is 2. The SMILES string of the molecule is Cc1ccc(Oc2ccc(C=O)cc2)cc1Cl. The minimum Gasteiger partial charge on any atom is -0.457 e. The number of carbonyl (C=O) groups excluding carboxylic acids is 1. The van der Waals surface area contributed by atoms with Gasteiger partial charge in [0.15, 0.2) is 0 Å². The zero-order valence-corrected chi connectivity index (χ0v) is 10.1.